The van der Waals surface area contributed by atoms with Crippen molar-refractivity contribution >= 4 is 11.7 Å². The van der Waals surface area contributed by atoms with Gasteiger partial charge in [-0.3, -0.25) is 0 Å². The molecule has 0 aliphatic rings. The predicted molar refractivity (Wildman–Crippen MR) is 30.1 cm³/mol. The van der Waals surface area contributed by atoms with Crippen molar-refractivity contribution in [3.8, 4) is 0 Å². The van der Waals surface area contributed by atoms with Crippen LogP contribution in [-0.4, -0.2) is 11.1 Å². The van der Waals surface area contributed by atoms with Gasteiger partial charge in [0.05, 0.1) is 12.0 Å². The van der Waals surface area contributed by atoms with Crippen LogP contribution in [0.2, 0.25) is 0 Å². The van der Waals surface area contributed by atoms with Crippen molar-refractivity contribution in [2.24, 2.45) is 0 Å². The molecule has 3 N–H and O–H groups in total. The summed E-state index contributed by atoms with van der Waals surface area (Å²) in [5, 5.41) is 8.28. The second-order valence-corrected chi connectivity index (χ2v) is 1.51. The monoisotopic (exact) mass is 127 g/mol. The van der Waals surface area contributed by atoms with Crippen LogP contribution in [0.5, 0.6) is 0 Å². The van der Waals surface area contributed by atoms with Crippen molar-refractivity contribution in [1.82, 2.24) is 0 Å². The van der Waals surface area contributed by atoms with Gasteiger partial charge in [0.15, 0.2) is 0 Å². The van der Waals surface area contributed by atoms with E-state index >= 15 is 0 Å². The maximum absolute atomic E-state index is 10.1. The zero-order valence-electron chi connectivity index (χ0n) is 4.50. The van der Waals surface area contributed by atoms with E-state index in [4.69, 9.17) is 10.8 Å². The first kappa shape index (κ1) is 5.68. The predicted octanol–water partition coefficient (Wildman–Crippen LogP) is 0.560. The fourth-order valence-corrected chi connectivity index (χ4v) is 0.493. The van der Waals surface area contributed by atoms with Crippen LogP contribution in [0.25, 0.3) is 0 Å². The summed E-state index contributed by atoms with van der Waals surface area (Å²) in [5.41, 5.74) is 5.32. The fourth-order valence-electron chi connectivity index (χ4n) is 0.493. The Labute approximate surface area is 50.9 Å². The van der Waals surface area contributed by atoms with Gasteiger partial charge in [0, 0.05) is 6.07 Å². The molecule has 48 valence electrons. The summed E-state index contributed by atoms with van der Waals surface area (Å²) >= 11 is 0. The molecule has 4 nitrogen and oxygen atoms in total. The van der Waals surface area contributed by atoms with Crippen LogP contribution in [0.3, 0.4) is 0 Å². The van der Waals surface area contributed by atoms with Gasteiger partial charge in [-0.2, -0.15) is 0 Å². The van der Waals surface area contributed by atoms with E-state index in [-0.39, 0.29) is 11.4 Å². The third-order valence-electron chi connectivity index (χ3n) is 0.890. The molecule has 0 atom stereocenters. The average Bonchev–Trinajstić information content (AvgIpc) is 2.13. The van der Waals surface area contributed by atoms with E-state index in [2.05, 4.69) is 4.42 Å². The molecule has 1 rings (SSSR count). The molecule has 9 heavy (non-hydrogen) atoms. The van der Waals surface area contributed by atoms with Crippen molar-refractivity contribution < 1.29 is 14.3 Å². The van der Waals surface area contributed by atoms with Crippen LogP contribution < -0.4 is 5.73 Å². The van der Waals surface area contributed by atoms with Crippen LogP contribution >= 0.6 is 0 Å². The Morgan fingerprint density at radius 2 is 2.44 bits per heavy atom. The summed E-state index contributed by atoms with van der Waals surface area (Å²) in [6.07, 6.45) is 1.23. The molecule has 0 saturated carbocycles. The Morgan fingerprint density at radius 3 is 2.67 bits per heavy atom. The quantitative estimate of drug-likeness (QED) is 0.577. The summed E-state index contributed by atoms with van der Waals surface area (Å²) in [5.74, 6) is -1.34. The topological polar surface area (TPSA) is 76.5 Å². The Balaban J connectivity index is 3.08. The number of nitrogens with two attached hydrogens (primary N) is 1. The van der Waals surface area contributed by atoms with Gasteiger partial charge < -0.3 is 15.3 Å². The number of hydrogen-bond donors (Lipinski definition) is 2. The van der Waals surface area contributed by atoms with Gasteiger partial charge in [0.25, 0.3) is 0 Å². The number of carboxylic acid groups (broad SMARTS) is 1. The lowest BCUT2D eigenvalue weighted by Crippen LogP contribution is -1.97. The number of carboxylic acids is 1. The third-order valence-corrected chi connectivity index (χ3v) is 0.890. The van der Waals surface area contributed by atoms with E-state index in [9.17, 15) is 4.79 Å². The molecule has 0 aliphatic carbocycles. The van der Waals surface area contributed by atoms with Crippen LogP contribution in [0.4, 0.5) is 5.69 Å². The van der Waals surface area contributed by atoms with Gasteiger partial charge in [-0.1, -0.05) is 0 Å². The molecule has 4 heteroatoms. The highest BCUT2D eigenvalue weighted by Crippen LogP contribution is 2.10. The Kier molecular flexibility index (Phi) is 1.14. The van der Waals surface area contributed by atoms with E-state index in [1.54, 1.807) is 0 Å². The van der Waals surface area contributed by atoms with Crippen LogP contribution in [-0.2, 0) is 0 Å². The number of aromatic carboxylic acids is 1. The van der Waals surface area contributed by atoms with E-state index < -0.39 is 5.97 Å². The highest BCUT2D eigenvalue weighted by Gasteiger charge is 2.09. The lowest BCUT2D eigenvalue weighted by Gasteiger charge is -1.85. The summed E-state index contributed by atoms with van der Waals surface area (Å²) in [6, 6.07) is 1.39. The number of rotatable bonds is 1. The van der Waals surface area contributed by atoms with Gasteiger partial charge >= 0.3 is 5.97 Å². The van der Waals surface area contributed by atoms with Gasteiger partial charge in [0.1, 0.15) is 0 Å². The minimum absolute atomic E-state index is 0.155. The van der Waals surface area contributed by atoms with Crippen molar-refractivity contribution in [3.05, 3.63) is 18.1 Å². The summed E-state index contributed by atoms with van der Waals surface area (Å²) in [4.78, 5) is 10.1. The van der Waals surface area contributed by atoms with Crippen molar-refractivity contribution in [3.63, 3.8) is 0 Å². The molecule has 0 unspecified atom stereocenters. The Morgan fingerprint density at radius 1 is 1.78 bits per heavy atom. The highest BCUT2D eigenvalue weighted by atomic mass is 16.4. The average molecular weight is 127 g/mol. The Bertz CT molecular complexity index is 228. The van der Waals surface area contributed by atoms with Crippen LogP contribution in [0, 0.1) is 0 Å². The molecule has 0 spiro atoms. The van der Waals surface area contributed by atoms with Gasteiger partial charge in [-0.25, -0.2) is 4.79 Å². The van der Waals surface area contributed by atoms with E-state index in [0.717, 1.165) is 0 Å². The molecule has 1 aromatic heterocycles. The minimum atomic E-state index is -1.14. The first-order chi connectivity index (χ1) is 4.22. The van der Waals surface area contributed by atoms with Crippen molar-refractivity contribution in [2.75, 3.05) is 5.73 Å². The zero-order chi connectivity index (χ0) is 6.85. The number of hydrogen-bond acceptors (Lipinski definition) is 3. The number of anilines is 1. The highest BCUT2D eigenvalue weighted by molar-refractivity contribution is 5.90. The van der Waals surface area contributed by atoms with Crippen molar-refractivity contribution in [1.29, 1.82) is 0 Å². The molecule has 0 fully saturated rings. The minimum Gasteiger partial charge on any atom is -0.475 e. The molecule has 0 aromatic carbocycles. The molecule has 0 bridgehead atoms. The number of carbonyl (C=O) groups is 1. The molecular formula is C5H5NO3. The first-order valence-electron chi connectivity index (χ1n) is 2.28. The molecule has 0 aliphatic heterocycles. The third kappa shape index (κ3) is 0.861. The fraction of sp³-hybridized carbons (Fsp3) is 0. The molecule has 0 amide bonds. The molecule has 0 radical (unpaired) electrons. The summed E-state index contributed by atoms with van der Waals surface area (Å²) in [7, 11) is 0. The lowest BCUT2D eigenvalue weighted by atomic mass is 10.4. The summed E-state index contributed by atoms with van der Waals surface area (Å²) < 4.78 is 4.50. The largest absolute Gasteiger partial charge is 0.475 e. The Hall–Kier alpha value is -1.45. The maximum Gasteiger partial charge on any atom is 0.373 e. The number of furan rings is 1. The van der Waals surface area contributed by atoms with Crippen LogP contribution in [0.1, 0.15) is 10.6 Å². The second kappa shape index (κ2) is 1.81. The number of nitrogen functional groups attached to an aromatic ring is 1. The second-order valence-electron chi connectivity index (χ2n) is 1.51. The van der Waals surface area contributed by atoms with E-state index in [1.807, 2.05) is 0 Å². The first-order valence-corrected chi connectivity index (χ1v) is 2.28. The molecule has 0 saturated heterocycles. The van der Waals surface area contributed by atoms with Crippen molar-refractivity contribution in [2.45, 2.75) is 0 Å². The van der Waals surface area contributed by atoms with Gasteiger partial charge in [-0.05, 0) is 0 Å². The van der Waals surface area contributed by atoms with Gasteiger partial charge in [-0.15, -0.1) is 0 Å². The van der Waals surface area contributed by atoms with Crippen LogP contribution in [0.15, 0.2) is 16.7 Å². The smallest absolute Gasteiger partial charge is 0.373 e. The lowest BCUT2D eigenvalue weighted by molar-refractivity contribution is 0.0664. The zero-order valence-corrected chi connectivity index (χ0v) is 4.50. The molecule has 1 heterocycles. The normalized spacial score (nSPS) is 9.33. The summed E-state index contributed by atoms with van der Waals surface area (Å²) in [6.45, 7) is 0. The van der Waals surface area contributed by atoms with Gasteiger partial charge in [0.2, 0.25) is 5.76 Å². The molecule has 1 aromatic rings. The maximum atomic E-state index is 10.1. The van der Waals surface area contributed by atoms with E-state index in [0.29, 0.717) is 0 Å². The van der Waals surface area contributed by atoms with E-state index in [1.165, 1.54) is 12.3 Å². The molecular weight excluding hydrogens is 122 g/mol. The standard InChI is InChI=1S/C5H5NO3/c6-3-1-2-9-4(3)5(7)8/h1-2H,6H2,(H,7,8). The SMILES string of the molecule is Nc1ccoc1C(=O)O.